The summed E-state index contributed by atoms with van der Waals surface area (Å²) >= 11 is 0. The van der Waals surface area contributed by atoms with Gasteiger partial charge in [0.1, 0.15) is 18.3 Å². The van der Waals surface area contributed by atoms with Gasteiger partial charge in [0.05, 0.1) is 11.7 Å². The van der Waals surface area contributed by atoms with E-state index in [4.69, 9.17) is 9.26 Å². The fourth-order valence-electron chi connectivity index (χ4n) is 2.87. The largest absolute Gasteiger partial charge is 0.388 e. The monoisotopic (exact) mass is 440 g/mol. The Balaban J connectivity index is 2.24. The van der Waals surface area contributed by atoms with E-state index in [1.165, 1.54) is 13.8 Å². The summed E-state index contributed by atoms with van der Waals surface area (Å²) in [4.78, 5) is 37.2. The lowest BCUT2D eigenvalue weighted by Gasteiger charge is -2.34. The number of ether oxygens (including phenoxy) is 1. The van der Waals surface area contributed by atoms with Crippen molar-refractivity contribution in [3.8, 4) is 0 Å². The highest BCUT2D eigenvalue weighted by Crippen LogP contribution is 2.59. The maximum Gasteiger partial charge on any atom is 0.361 e. The van der Waals surface area contributed by atoms with Crippen LogP contribution < -0.4 is 11.2 Å². The molecule has 29 heavy (non-hydrogen) atoms. The Bertz CT molecular complexity index is 888. The molecule has 6 N–H and O–H groups in total. The summed E-state index contributed by atoms with van der Waals surface area (Å²) in [6.45, 7) is 3.78. The minimum Gasteiger partial charge on any atom is -0.388 e. The number of rotatable bonds is 8. The van der Waals surface area contributed by atoms with Crippen molar-refractivity contribution in [1.29, 1.82) is 0 Å². The van der Waals surface area contributed by atoms with Gasteiger partial charge in [-0.1, -0.05) is 13.8 Å². The Labute approximate surface area is 165 Å². The third-order valence-electron chi connectivity index (χ3n) is 5.12. The minimum absolute atomic E-state index is 0.182. The molecular weight excluding hydrogens is 414 g/mol. The number of hydrogen-bond acceptors (Lipinski definition) is 8. The van der Waals surface area contributed by atoms with Gasteiger partial charge in [-0.15, -0.1) is 0 Å². The number of nitrogens with one attached hydrogen (secondary N) is 2. The normalized spacial score (nSPS) is 31.0. The lowest BCUT2D eigenvalue weighted by Crippen LogP contribution is -2.39. The molecule has 166 valence electrons. The predicted octanol–water partition coefficient (Wildman–Crippen LogP) is 0.0113. The van der Waals surface area contributed by atoms with Crippen molar-refractivity contribution in [2.24, 2.45) is 0 Å². The molecule has 0 radical (unpaired) electrons. The minimum atomic E-state index is -4.83. The van der Waals surface area contributed by atoms with Crippen LogP contribution in [0.25, 0.3) is 0 Å². The second-order valence-electron chi connectivity index (χ2n) is 7.23. The van der Waals surface area contributed by atoms with Crippen LogP contribution in [0.15, 0.2) is 15.8 Å². The lowest BCUT2D eigenvalue weighted by atomic mass is 9.99. The SMILES string of the molecule is CCC(C)(O)P(=O)(O)O[C@](F)(CC)C[C@H]1O[C@@H](c2c[nH]c(=O)[nH]c2=O)[C@H](O)[C@@H]1O. The first kappa shape index (κ1) is 23.9. The number of alkyl halides is 1. The third kappa shape index (κ3) is 4.85. The predicted molar refractivity (Wildman–Crippen MR) is 97.9 cm³/mol. The number of aliphatic hydroxyl groups is 3. The van der Waals surface area contributed by atoms with Gasteiger partial charge < -0.3 is 29.9 Å². The second kappa shape index (κ2) is 8.38. The topological polar surface area (TPSA) is 182 Å². The number of aromatic nitrogens is 2. The van der Waals surface area contributed by atoms with Crippen molar-refractivity contribution in [3.63, 3.8) is 0 Å². The fourth-order valence-corrected chi connectivity index (χ4v) is 4.12. The Morgan fingerprint density at radius 2 is 1.90 bits per heavy atom. The first-order valence-corrected chi connectivity index (χ1v) is 10.6. The van der Waals surface area contributed by atoms with E-state index < -0.39 is 67.3 Å². The molecule has 2 rings (SSSR count). The molecule has 11 nitrogen and oxygen atoms in total. The van der Waals surface area contributed by atoms with E-state index in [0.29, 0.717) is 0 Å². The molecule has 7 atom stereocenters. The van der Waals surface area contributed by atoms with Crippen molar-refractivity contribution in [2.45, 2.75) is 75.6 Å². The van der Waals surface area contributed by atoms with Crippen molar-refractivity contribution in [1.82, 2.24) is 9.97 Å². The molecule has 1 aliphatic heterocycles. The van der Waals surface area contributed by atoms with Crippen LogP contribution in [0.2, 0.25) is 0 Å². The summed E-state index contributed by atoms with van der Waals surface area (Å²) in [7, 11) is -4.83. The van der Waals surface area contributed by atoms with Gasteiger partial charge in [-0.3, -0.25) is 18.9 Å². The van der Waals surface area contributed by atoms with E-state index in [1.54, 1.807) is 0 Å². The molecule has 1 aromatic heterocycles. The van der Waals surface area contributed by atoms with Gasteiger partial charge >= 0.3 is 13.3 Å². The van der Waals surface area contributed by atoms with Crippen molar-refractivity contribution < 1.29 is 38.4 Å². The number of hydrogen-bond donors (Lipinski definition) is 6. The molecule has 13 heteroatoms. The summed E-state index contributed by atoms with van der Waals surface area (Å²) in [6, 6.07) is 0. The molecule has 0 aromatic carbocycles. The average molecular weight is 440 g/mol. The van der Waals surface area contributed by atoms with Gasteiger partial charge in [0.2, 0.25) is 5.85 Å². The van der Waals surface area contributed by atoms with Gasteiger partial charge in [0, 0.05) is 19.0 Å². The molecule has 1 aliphatic rings. The average Bonchev–Trinajstić information content (AvgIpc) is 2.89. The van der Waals surface area contributed by atoms with Crippen LogP contribution in [-0.4, -0.2) is 59.7 Å². The van der Waals surface area contributed by atoms with Crippen LogP contribution in [0, 0.1) is 0 Å². The summed E-state index contributed by atoms with van der Waals surface area (Å²) in [5, 5.41) is 28.3. The van der Waals surface area contributed by atoms with Crippen LogP contribution in [-0.2, 0) is 13.8 Å². The standard InChI is InChI=1S/C16H26FN2O9P/c1-4-15(3,24)29(25,26)28-16(17,5-2)6-9-10(20)11(21)12(27-9)8-7-18-14(23)19-13(8)22/h7,9-12,20-21,24H,4-6H2,1-3H3,(H,25,26)(H2,18,19,22,23)/t9-,10-,11-,12+,15?,16-/m1/s1. The van der Waals surface area contributed by atoms with Gasteiger partial charge in [-0.2, -0.15) is 0 Å². The number of aliphatic hydroxyl groups excluding tert-OH is 2. The highest BCUT2D eigenvalue weighted by Gasteiger charge is 2.52. The Morgan fingerprint density at radius 1 is 1.28 bits per heavy atom. The molecule has 0 amide bonds. The van der Waals surface area contributed by atoms with Crippen LogP contribution in [0.4, 0.5) is 4.39 Å². The van der Waals surface area contributed by atoms with Gasteiger partial charge in [0.15, 0.2) is 5.34 Å². The zero-order chi connectivity index (χ0) is 22.2. The van der Waals surface area contributed by atoms with Crippen LogP contribution >= 0.6 is 7.60 Å². The van der Waals surface area contributed by atoms with E-state index in [-0.39, 0.29) is 12.0 Å². The zero-order valence-electron chi connectivity index (χ0n) is 16.2. The van der Waals surface area contributed by atoms with Crippen molar-refractivity contribution in [2.75, 3.05) is 0 Å². The fraction of sp³-hybridized carbons (Fsp3) is 0.750. The van der Waals surface area contributed by atoms with E-state index in [1.807, 2.05) is 4.98 Å². The molecule has 0 spiro atoms. The molecule has 2 heterocycles. The Morgan fingerprint density at radius 3 is 2.41 bits per heavy atom. The van der Waals surface area contributed by atoms with E-state index in [2.05, 4.69) is 4.98 Å². The Kier molecular flexibility index (Phi) is 6.90. The second-order valence-corrected chi connectivity index (χ2v) is 9.41. The highest BCUT2D eigenvalue weighted by atomic mass is 31.2. The molecule has 1 saturated heterocycles. The molecule has 0 aliphatic carbocycles. The highest BCUT2D eigenvalue weighted by molar-refractivity contribution is 7.54. The van der Waals surface area contributed by atoms with E-state index >= 15 is 4.39 Å². The molecule has 2 unspecified atom stereocenters. The maximum absolute atomic E-state index is 15.2. The van der Waals surface area contributed by atoms with Crippen molar-refractivity contribution in [3.05, 3.63) is 32.6 Å². The first-order chi connectivity index (χ1) is 13.3. The number of H-pyrrole nitrogens is 2. The molecule has 0 saturated carbocycles. The zero-order valence-corrected chi connectivity index (χ0v) is 17.1. The lowest BCUT2D eigenvalue weighted by molar-refractivity contribution is -0.128. The summed E-state index contributed by atoms with van der Waals surface area (Å²) < 4.78 is 37.8. The number of aromatic amines is 2. The van der Waals surface area contributed by atoms with E-state index in [9.17, 15) is 34.4 Å². The molecule has 1 fully saturated rings. The summed E-state index contributed by atoms with van der Waals surface area (Å²) in [6.07, 6.45) is -6.43. The Hall–Kier alpha value is -1.40. The van der Waals surface area contributed by atoms with Gasteiger partial charge in [-0.05, 0) is 13.3 Å². The third-order valence-corrected chi connectivity index (χ3v) is 7.23. The van der Waals surface area contributed by atoms with Gasteiger partial charge in [0.25, 0.3) is 5.56 Å². The first-order valence-electron chi connectivity index (χ1n) is 9.05. The van der Waals surface area contributed by atoms with E-state index in [0.717, 1.165) is 13.1 Å². The van der Waals surface area contributed by atoms with Crippen LogP contribution in [0.5, 0.6) is 0 Å². The van der Waals surface area contributed by atoms with Crippen molar-refractivity contribution >= 4 is 7.60 Å². The van der Waals surface area contributed by atoms with Crippen LogP contribution in [0.3, 0.4) is 0 Å². The maximum atomic E-state index is 15.2. The molecule has 0 bridgehead atoms. The summed E-state index contributed by atoms with van der Waals surface area (Å²) in [5.41, 5.74) is -1.84. The van der Waals surface area contributed by atoms with Crippen LogP contribution in [0.1, 0.15) is 51.7 Å². The molecular formula is C16H26FN2O9P. The summed E-state index contributed by atoms with van der Waals surface area (Å²) in [5.74, 6) is -2.78. The number of halogens is 1. The van der Waals surface area contributed by atoms with Gasteiger partial charge in [-0.25, -0.2) is 9.18 Å². The smallest absolute Gasteiger partial charge is 0.361 e. The quantitative estimate of drug-likeness (QED) is 0.303. The molecule has 1 aromatic rings.